The van der Waals surface area contributed by atoms with Crippen molar-refractivity contribution in [2.24, 2.45) is 0 Å². The lowest BCUT2D eigenvalue weighted by Gasteiger charge is -2.08. The molecule has 0 spiro atoms. The van der Waals surface area contributed by atoms with E-state index >= 15 is 0 Å². The van der Waals surface area contributed by atoms with Crippen LogP contribution in [0.5, 0.6) is 11.5 Å². The van der Waals surface area contributed by atoms with Gasteiger partial charge in [0.1, 0.15) is 12.0 Å². The van der Waals surface area contributed by atoms with Crippen molar-refractivity contribution in [3.8, 4) is 11.5 Å². The minimum atomic E-state index is -1.17. The largest absolute Gasteiger partial charge is 0.497 e. The summed E-state index contributed by atoms with van der Waals surface area (Å²) < 4.78 is 12.9. The summed E-state index contributed by atoms with van der Waals surface area (Å²) in [6, 6.07) is 14.8. The van der Waals surface area contributed by atoms with Gasteiger partial charge in [-0.1, -0.05) is 16.8 Å². The summed E-state index contributed by atoms with van der Waals surface area (Å²) >= 11 is 5.43. The third kappa shape index (κ3) is 4.60. The van der Waals surface area contributed by atoms with Gasteiger partial charge in [0.05, 0.1) is 13.7 Å². The lowest BCUT2D eigenvalue weighted by atomic mass is 10.2. The van der Waals surface area contributed by atoms with Crippen LogP contribution in [0.25, 0.3) is 0 Å². The Morgan fingerprint density at radius 3 is 2.23 bits per heavy atom. The second-order valence-corrected chi connectivity index (χ2v) is 6.96. The van der Waals surface area contributed by atoms with Crippen molar-refractivity contribution in [3.05, 3.63) is 59.7 Å². The SMILES string of the molecule is COc1ccc(CN(C)[P+](=S)Oc2ccc(C=O)cc2)cc1. The molecular formula is C16H17NO3PS+. The molecule has 0 N–H and O–H groups in total. The first-order chi connectivity index (χ1) is 10.6. The number of ether oxygens (including phenoxy) is 1. The highest BCUT2D eigenvalue weighted by molar-refractivity contribution is 8.02. The number of rotatable bonds is 7. The Morgan fingerprint density at radius 2 is 1.68 bits per heavy atom. The summed E-state index contributed by atoms with van der Waals surface area (Å²) in [5.74, 6) is 1.51. The topological polar surface area (TPSA) is 38.8 Å². The van der Waals surface area contributed by atoms with E-state index < -0.39 is 7.07 Å². The average Bonchev–Trinajstić information content (AvgIpc) is 2.56. The predicted octanol–water partition coefficient (Wildman–Crippen LogP) is 3.79. The second-order valence-electron chi connectivity index (χ2n) is 4.68. The minimum Gasteiger partial charge on any atom is -0.497 e. The van der Waals surface area contributed by atoms with E-state index in [9.17, 15) is 4.79 Å². The van der Waals surface area contributed by atoms with E-state index in [1.807, 2.05) is 36.0 Å². The van der Waals surface area contributed by atoms with Crippen LogP contribution >= 0.6 is 7.07 Å². The van der Waals surface area contributed by atoms with Crippen molar-refractivity contribution >= 4 is 25.2 Å². The fraction of sp³-hybridized carbons (Fsp3) is 0.188. The Kier molecular flexibility index (Phi) is 6.01. The van der Waals surface area contributed by atoms with E-state index in [1.54, 1.807) is 31.4 Å². The van der Waals surface area contributed by atoms with Crippen LogP contribution in [0.15, 0.2) is 48.5 Å². The summed E-state index contributed by atoms with van der Waals surface area (Å²) in [7, 11) is 2.41. The van der Waals surface area contributed by atoms with Gasteiger partial charge in [-0.25, -0.2) is 0 Å². The molecule has 6 heteroatoms. The maximum absolute atomic E-state index is 10.6. The third-order valence-corrected chi connectivity index (χ3v) is 5.17. The van der Waals surface area contributed by atoms with E-state index in [4.69, 9.17) is 21.1 Å². The fourth-order valence-corrected chi connectivity index (χ4v) is 2.97. The Labute approximate surface area is 136 Å². The Hall–Kier alpha value is -1.81. The van der Waals surface area contributed by atoms with Crippen molar-refractivity contribution in [2.45, 2.75) is 6.54 Å². The van der Waals surface area contributed by atoms with Gasteiger partial charge in [-0.05, 0) is 42.0 Å². The number of hydrogen-bond donors (Lipinski definition) is 0. The maximum atomic E-state index is 10.6. The third-order valence-electron chi connectivity index (χ3n) is 3.05. The zero-order valence-corrected chi connectivity index (χ0v) is 14.1. The van der Waals surface area contributed by atoms with Gasteiger partial charge in [0.2, 0.25) is 11.8 Å². The highest BCUT2D eigenvalue weighted by Gasteiger charge is 2.22. The van der Waals surface area contributed by atoms with Crippen molar-refractivity contribution < 1.29 is 14.1 Å². The molecular weight excluding hydrogens is 317 g/mol. The van der Waals surface area contributed by atoms with Gasteiger partial charge in [-0.2, -0.15) is 0 Å². The summed E-state index contributed by atoms with van der Waals surface area (Å²) in [5, 5.41) is 0. The highest BCUT2D eigenvalue weighted by atomic mass is 32.4. The molecule has 2 rings (SSSR count). The van der Waals surface area contributed by atoms with E-state index in [2.05, 4.69) is 0 Å². The molecule has 0 aliphatic carbocycles. The van der Waals surface area contributed by atoms with E-state index in [0.29, 0.717) is 17.9 Å². The van der Waals surface area contributed by atoms with Gasteiger partial charge < -0.3 is 4.74 Å². The number of methoxy groups -OCH3 is 1. The molecule has 0 aliphatic rings. The highest BCUT2D eigenvalue weighted by Crippen LogP contribution is 2.31. The van der Waals surface area contributed by atoms with Gasteiger partial charge >= 0.3 is 7.07 Å². The molecule has 1 atom stereocenters. The minimum absolute atomic E-state index is 0.618. The number of aldehydes is 1. The average molecular weight is 334 g/mol. The zero-order valence-electron chi connectivity index (χ0n) is 12.4. The summed E-state index contributed by atoms with van der Waals surface area (Å²) in [6.07, 6.45) is 0.802. The molecule has 0 heterocycles. The number of hydrogen-bond acceptors (Lipinski definition) is 4. The van der Waals surface area contributed by atoms with Crippen LogP contribution in [0.3, 0.4) is 0 Å². The predicted molar refractivity (Wildman–Crippen MR) is 91.2 cm³/mol. The van der Waals surface area contributed by atoms with Gasteiger partial charge in [-0.15, -0.1) is 0 Å². The van der Waals surface area contributed by atoms with Crippen LogP contribution in [0, 0.1) is 0 Å². The summed E-state index contributed by atoms with van der Waals surface area (Å²) in [4.78, 5) is 10.6. The van der Waals surface area contributed by atoms with E-state index in [0.717, 1.165) is 17.6 Å². The van der Waals surface area contributed by atoms with Crippen LogP contribution in [0.1, 0.15) is 15.9 Å². The quantitative estimate of drug-likeness (QED) is 0.569. The molecule has 0 saturated heterocycles. The van der Waals surface area contributed by atoms with Crippen molar-refractivity contribution in [3.63, 3.8) is 0 Å². The van der Waals surface area contributed by atoms with Crippen LogP contribution in [-0.4, -0.2) is 25.1 Å². The molecule has 114 valence electrons. The first-order valence-corrected chi connectivity index (χ1v) is 8.89. The van der Waals surface area contributed by atoms with Crippen molar-refractivity contribution in [2.75, 3.05) is 14.2 Å². The van der Waals surface area contributed by atoms with Gasteiger partial charge in [0, 0.05) is 12.6 Å². The van der Waals surface area contributed by atoms with Crippen molar-refractivity contribution in [1.29, 1.82) is 0 Å². The molecule has 0 aliphatic heterocycles. The number of benzene rings is 2. The second kappa shape index (κ2) is 7.99. The lowest BCUT2D eigenvalue weighted by molar-refractivity contribution is 0.112. The molecule has 0 aromatic heterocycles. The van der Waals surface area contributed by atoms with Gasteiger partial charge in [-0.3, -0.25) is 9.32 Å². The van der Waals surface area contributed by atoms with Crippen LogP contribution in [0.2, 0.25) is 0 Å². The number of nitrogens with zero attached hydrogens (tertiary/aromatic N) is 1. The molecule has 0 bridgehead atoms. The number of carbonyl (C=O) groups excluding carboxylic acids is 1. The maximum Gasteiger partial charge on any atom is 0.492 e. The molecule has 1 unspecified atom stereocenters. The van der Waals surface area contributed by atoms with Gasteiger partial charge in [0.15, 0.2) is 5.75 Å². The Balaban J connectivity index is 1.94. The molecule has 0 fully saturated rings. The van der Waals surface area contributed by atoms with Crippen LogP contribution in [-0.2, 0) is 18.4 Å². The molecule has 4 nitrogen and oxygen atoms in total. The van der Waals surface area contributed by atoms with Crippen molar-refractivity contribution in [1.82, 2.24) is 4.67 Å². The molecule has 0 amide bonds. The molecule has 2 aromatic carbocycles. The lowest BCUT2D eigenvalue weighted by Crippen LogP contribution is -2.10. The van der Waals surface area contributed by atoms with E-state index in [1.165, 1.54) is 0 Å². The zero-order chi connectivity index (χ0) is 15.9. The molecule has 22 heavy (non-hydrogen) atoms. The molecule has 0 saturated carbocycles. The standard InChI is InChI=1S/C16H17NO3PS/c1-17(11-13-3-7-15(19-2)8-4-13)21(22)20-16-9-5-14(12-18)6-10-16/h3-10,12H,11H2,1-2H3/q+1. The molecule has 2 aromatic rings. The first kappa shape index (κ1) is 16.6. The summed E-state index contributed by atoms with van der Waals surface area (Å²) in [6.45, 7) is 0.700. The van der Waals surface area contributed by atoms with E-state index in [-0.39, 0.29) is 0 Å². The summed E-state index contributed by atoms with van der Waals surface area (Å²) in [5.41, 5.74) is 1.76. The normalized spacial score (nSPS) is 11.1. The van der Waals surface area contributed by atoms with Crippen LogP contribution in [0.4, 0.5) is 0 Å². The smallest absolute Gasteiger partial charge is 0.492 e. The molecule has 0 radical (unpaired) electrons. The first-order valence-electron chi connectivity index (χ1n) is 6.67. The monoisotopic (exact) mass is 334 g/mol. The Morgan fingerprint density at radius 1 is 1.09 bits per heavy atom. The van der Waals surface area contributed by atoms with Gasteiger partial charge in [0.25, 0.3) is 0 Å². The fourth-order valence-electron chi connectivity index (χ4n) is 1.82. The Bertz CT molecular complexity index is 643. The number of carbonyl (C=O) groups is 1. The van der Waals surface area contributed by atoms with Crippen LogP contribution < -0.4 is 9.26 Å².